The normalized spacial score (nSPS) is 16.8. The van der Waals surface area contributed by atoms with Gasteiger partial charge in [-0.25, -0.2) is 9.18 Å². The van der Waals surface area contributed by atoms with Gasteiger partial charge in [0.25, 0.3) is 0 Å². The molecule has 2 heterocycles. The summed E-state index contributed by atoms with van der Waals surface area (Å²) in [6, 6.07) is 23.6. The minimum Gasteiger partial charge on any atom is -0.508 e. The van der Waals surface area contributed by atoms with Crippen molar-refractivity contribution in [2.24, 2.45) is 5.73 Å². The average Bonchev–Trinajstić information content (AvgIpc) is 3.32. The second-order valence-corrected chi connectivity index (χ2v) is 8.47. The van der Waals surface area contributed by atoms with Crippen LogP contribution in [0.3, 0.4) is 0 Å². The van der Waals surface area contributed by atoms with Gasteiger partial charge in [0.2, 0.25) is 0 Å². The highest BCUT2D eigenvalue weighted by Crippen LogP contribution is 2.41. The monoisotopic (exact) mass is 456 g/mol. The highest BCUT2D eigenvalue weighted by atomic mass is 19.1. The van der Waals surface area contributed by atoms with E-state index in [0.717, 1.165) is 22.1 Å². The van der Waals surface area contributed by atoms with Gasteiger partial charge in [-0.1, -0.05) is 60.7 Å². The Kier molecular flexibility index (Phi) is 5.90. The number of nitrogens with two attached hydrogens (primary N) is 1. The molecule has 6 heteroatoms. The summed E-state index contributed by atoms with van der Waals surface area (Å²) in [5.74, 6) is -1.62. The van der Waals surface area contributed by atoms with E-state index in [1.165, 1.54) is 12.1 Å². The number of hydrogen-bond acceptors (Lipinski definition) is 4. The van der Waals surface area contributed by atoms with Crippen molar-refractivity contribution in [3.8, 4) is 0 Å². The molecular formula is C28H25FN2O3. The fourth-order valence-electron chi connectivity index (χ4n) is 4.79. The van der Waals surface area contributed by atoms with Crippen LogP contribution in [0.1, 0.15) is 28.3 Å². The van der Waals surface area contributed by atoms with Gasteiger partial charge in [0.15, 0.2) is 6.10 Å². The molecule has 5 rings (SSSR count). The van der Waals surface area contributed by atoms with Crippen LogP contribution in [0, 0.1) is 5.82 Å². The number of aromatic nitrogens is 1. The SMILES string of the molecule is NCCc1c(C(C2=C(O)C(Cc3ccccc3)OC2=O)c2ccccc2)[nH]c2cc(F)ccc12. The second-order valence-electron chi connectivity index (χ2n) is 8.47. The first kappa shape index (κ1) is 21.9. The smallest absolute Gasteiger partial charge is 0.339 e. The molecular weight excluding hydrogens is 431 g/mol. The Hall–Kier alpha value is -3.90. The first-order chi connectivity index (χ1) is 16.6. The standard InChI is InChI=1S/C28H25FN2O3/c29-19-11-12-20-21(13-14-30)26(31-22(20)16-19)24(18-9-5-2-6-10-18)25-27(32)23(34-28(25)33)15-17-7-3-1-4-8-17/h1-12,16,23-24,31-32H,13-15,30H2. The molecule has 1 aliphatic heterocycles. The predicted octanol–water partition coefficient (Wildman–Crippen LogP) is 4.92. The van der Waals surface area contributed by atoms with Crippen molar-refractivity contribution in [1.29, 1.82) is 0 Å². The molecule has 4 aromatic rings. The molecule has 0 fully saturated rings. The van der Waals surface area contributed by atoms with E-state index >= 15 is 0 Å². The van der Waals surface area contributed by atoms with Crippen molar-refractivity contribution in [3.63, 3.8) is 0 Å². The van der Waals surface area contributed by atoms with E-state index in [1.807, 2.05) is 60.7 Å². The van der Waals surface area contributed by atoms with Crippen molar-refractivity contribution >= 4 is 16.9 Å². The van der Waals surface area contributed by atoms with Gasteiger partial charge >= 0.3 is 5.97 Å². The number of esters is 1. The van der Waals surface area contributed by atoms with Crippen LogP contribution in [0.5, 0.6) is 0 Å². The van der Waals surface area contributed by atoms with Crippen molar-refractivity contribution in [2.45, 2.75) is 24.9 Å². The molecule has 0 bridgehead atoms. The Morgan fingerprint density at radius 1 is 1.03 bits per heavy atom. The molecule has 4 N–H and O–H groups in total. The maximum atomic E-state index is 14.0. The molecule has 0 amide bonds. The molecule has 34 heavy (non-hydrogen) atoms. The lowest BCUT2D eigenvalue weighted by Gasteiger charge is -2.18. The number of ether oxygens (including phenoxy) is 1. The maximum Gasteiger partial charge on any atom is 0.339 e. The van der Waals surface area contributed by atoms with E-state index in [-0.39, 0.29) is 17.1 Å². The van der Waals surface area contributed by atoms with E-state index in [2.05, 4.69) is 4.98 Å². The fraction of sp³-hybridized carbons (Fsp3) is 0.179. The van der Waals surface area contributed by atoms with Gasteiger partial charge in [-0.05, 0) is 47.9 Å². The fourth-order valence-corrected chi connectivity index (χ4v) is 4.79. The Bertz CT molecular complexity index is 1360. The minimum absolute atomic E-state index is 0.0776. The number of aromatic amines is 1. The van der Waals surface area contributed by atoms with E-state index < -0.39 is 18.0 Å². The molecule has 0 aliphatic carbocycles. The zero-order valence-electron chi connectivity index (χ0n) is 18.5. The number of rotatable bonds is 7. The molecule has 1 aromatic heterocycles. The summed E-state index contributed by atoms with van der Waals surface area (Å²) in [5.41, 5.74) is 10.1. The van der Waals surface area contributed by atoms with Gasteiger partial charge in [0.05, 0.1) is 11.5 Å². The molecule has 1 aliphatic rings. The summed E-state index contributed by atoms with van der Waals surface area (Å²) in [5, 5.41) is 12.1. The summed E-state index contributed by atoms with van der Waals surface area (Å²) in [4.78, 5) is 16.5. The lowest BCUT2D eigenvalue weighted by molar-refractivity contribution is -0.140. The number of carbonyl (C=O) groups excluding carboxylic acids is 1. The van der Waals surface area contributed by atoms with Gasteiger partial charge in [-0.15, -0.1) is 0 Å². The van der Waals surface area contributed by atoms with Crippen LogP contribution in [-0.2, 0) is 22.4 Å². The highest BCUT2D eigenvalue weighted by molar-refractivity contribution is 5.95. The Morgan fingerprint density at radius 2 is 1.74 bits per heavy atom. The van der Waals surface area contributed by atoms with E-state index in [1.54, 1.807) is 6.07 Å². The van der Waals surface area contributed by atoms with Gasteiger partial charge in [-0.2, -0.15) is 0 Å². The number of nitrogens with one attached hydrogen (secondary N) is 1. The molecule has 2 unspecified atom stereocenters. The van der Waals surface area contributed by atoms with Crippen molar-refractivity contribution in [2.75, 3.05) is 6.54 Å². The van der Waals surface area contributed by atoms with Gasteiger partial charge in [-0.3, -0.25) is 0 Å². The van der Waals surface area contributed by atoms with Gasteiger partial charge < -0.3 is 20.6 Å². The molecule has 5 nitrogen and oxygen atoms in total. The number of cyclic esters (lactones) is 1. The van der Waals surface area contributed by atoms with Crippen LogP contribution < -0.4 is 5.73 Å². The lowest BCUT2D eigenvalue weighted by atomic mass is 9.84. The Balaban J connectivity index is 1.67. The molecule has 0 spiro atoms. The minimum atomic E-state index is -0.768. The molecule has 172 valence electrons. The van der Waals surface area contributed by atoms with Crippen LogP contribution in [0.2, 0.25) is 0 Å². The van der Waals surface area contributed by atoms with E-state index in [4.69, 9.17) is 10.5 Å². The lowest BCUT2D eigenvalue weighted by Crippen LogP contribution is -2.15. The van der Waals surface area contributed by atoms with Gasteiger partial charge in [0, 0.05) is 23.0 Å². The largest absolute Gasteiger partial charge is 0.508 e. The first-order valence-corrected chi connectivity index (χ1v) is 11.3. The third-order valence-corrected chi connectivity index (χ3v) is 6.32. The van der Waals surface area contributed by atoms with E-state index in [0.29, 0.717) is 30.6 Å². The quantitative estimate of drug-likeness (QED) is 0.345. The van der Waals surface area contributed by atoms with Crippen molar-refractivity contribution in [1.82, 2.24) is 4.98 Å². The Labute approximate surface area is 196 Å². The molecule has 0 saturated carbocycles. The molecule has 0 saturated heterocycles. The van der Waals surface area contributed by atoms with Crippen LogP contribution >= 0.6 is 0 Å². The first-order valence-electron chi connectivity index (χ1n) is 11.3. The number of H-pyrrole nitrogens is 1. The molecule has 2 atom stereocenters. The van der Waals surface area contributed by atoms with Crippen LogP contribution in [0.15, 0.2) is 90.2 Å². The third-order valence-electron chi connectivity index (χ3n) is 6.32. The second kappa shape index (κ2) is 9.15. The zero-order chi connectivity index (χ0) is 23.7. The number of benzene rings is 3. The van der Waals surface area contributed by atoms with Crippen LogP contribution in [-0.4, -0.2) is 28.7 Å². The zero-order valence-corrected chi connectivity index (χ0v) is 18.5. The summed E-state index contributed by atoms with van der Waals surface area (Å²) < 4.78 is 19.6. The number of hydrogen-bond donors (Lipinski definition) is 3. The third kappa shape index (κ3) is 3.97. The molecule has 0 radical (unpaired) electrons. The maximum absolute atomic E-state index is 14.0. The summed E-state index contributed by atoms with van der Waals surface area (Å²) in [7, 11) is 0. The molecule has 3 aromatic carbocycles. The number of carbonyl (C=O) groups is 1. The number of halogens is 1. The topological polar surface area (TPSA) is 88.3 Å². The Morgan fingerprint density at radius 3 is 2.44 bits per heavy atom. The number of fused-ring (bicyclic) bond motifs is 1. The number of aliphatic hydroxyl groups is 1. The van der Waals surface area contributed by atoms with Gasteiger partial charge in [0.1, 0.15) is 11.6 Å². The summed E-state index contributed by atoms with van der Waals surface area (Å²) in [6.45, 7) is 0.380. The number of aliphatic hydroxyl groups excluding tert-OH is 1. The predicted molar refractivity (Wildman–Crippen MR) is 129 cm³/mol. The summed E-state index contributed by atoms with van der Waals surface area (Å²) >= 11 is 0. The van der Waals surface area contributed by atoms with Crippen molar-refractivity contribution in [3.05, 3.63) is 118 Å². The van der Waals surface area contributed by atoms with Crippen LogP contribution in [0.25, 0.3) is 10.9 Å². The van der Waals surface area contributed by atoms with Crippen LogP contribution in [0.4, 0.5) is 4.39 Å². The van der Waals surface area contributed by atoms with Crippen molar-refractivity contribution < 1.29 is 19.0 Å². The van der Waals surface area contributed by atoms with E-state index in [9.17, 15) is 14.3 Å². The summed E-state index contributed by atoms with van der Waals surface area (Å²) in [6.07, 6.45) is 0.133. The average molecular weight is 457 g/mol. The highest BCUT2D eigenvalue weighted by Gasteiger charge is 2.41.